The fraction of sp³-hybridized carbons (Fsp3) is 0.231. The number of imidazole rings is 1. The summed E-state index contributed by atoms with van der Waals surface area (Å²) < 4.78 is 7.29. The first-order valence-electron chi connectivity index (χ1n) is 11.8. The molecule has 1 unspecified atom stereocenters. The molecule has 12 nitrogen and oxygen atoms in total. The van der Waals surface area contributed by atoms with Gasteiger partial charge in [0.25, 0.3) is 5.91 Å². The number of rotatable bonds is 6. The number of carbonyl (C=O) groups excluding carboxylic acids is 1. The Morgan fingerprint density at radius 1 is 1.11 bits per heavy atom. The topological polar surface area (TPSA) is 189 Å². The van der Waals surface area contributed by atoms with Crippen molar-refractivity contribution in [3.63, 3.8) is 0 Å². The molecule has 38 heavy (non-hydrogen) atoms. The van der Waals surface area contributed by atoms with Crippen LogP contribution in [0.2, 0.25) is 0 Å². The van der Waals surface area contributed by atoms with Crippen molar-refractivity contribution in [3.8, 4) is 22.6 Å². The van der Waals surface area contributed by atoms with Crippen molar-refractivity contribution < 1.29 is 30.0 Å². The van der Waals surface area contributed by atoms with E-state index in [-0.39, 0.29) is 17.9 Å². The fourth-order valence-corrected chi connectivity index (χ4v) is 4.28. The predicted octanol–water partition coefficient (Wildman–Crippen LogP) is 1.40. The Bertz CT molecular complexity index is 1520. The monoisotopic (exact) mass is 518 g/mol. The van der Waals surface area contributed by atoms with Crippen molar-refractivity contribution in [2.45, 2.75) is 31.5 Å². The number of nitrogens with zero attached hydrogens (tertiary/aromatic N) is 4. The summed E-state index contributed by atoms with van der Waals surface area (Å²) in [4.78, 5) is 24.9. The lowest BCUT2D eigenvalue weighted by atomic mass is 10.0. The molecule has 0 radical (unpaired) electrons. The summed E-state index contributed by atoms with van der Waals surface area (Å²) in [5.74, 6) is -1.37. The lowest BCUT2D eigenvalue weighted by Gasteiger charge is -2.16. The van der Waals surface area contributed by atoms with Crippen LogP contribution >= 0.6 is 0 Å². The van der Waals surface area contributed by atoms with Gasteiger partial charge in [-0.15, -0.1) is 0 Å². The number of aliphatic hydroxyl groups is 2. The van der Waals surface area contributed by atoms with Gasteiger partial charge in [0.2, 0.25) is 0 Å². The highest BCUT2D eigenvalue weighted by Gasteiger charge is 2.43. The van der Waals surface area contributed by atoms with E-state index in [0.29, 0.717) is 16.7 Å². The number of anilines is 1. The number of ether oxygens (including phenoxy) is 1. The van der Waals surface area contributed by atoms with Gasteiger partial charge in [0.05, 0.1) is 11.9 Å². The number of aryl methyl sites for hydroxylation is 1. The van der Waals surface area contributed by atoms with Crippen LogP contribution in [0.3, 0.4) is 0 Å². The Kier molecular flexibility index (Phi) is 6.68. The Balaban J connectivity index is 1.25. The number of nitrogen functional groups attached to an aromatic ring is 1. The zero-order chi connectivity index (χ0) is 27.0. The number of phenolic OH excluding ortho intramolecular Hbond substituents is 2. The Labute approximate surface area is 216 Å². The van der Waals surface area contributed by atoms with Crippen LogP contribution in [-0.2, 0) is 4.74 Å². The van der Waals surface area contributed by atoms with Crippen LogP contribution in [0.4, 0.5) is 5.82 Å². The summed E-state index contributed by atoms with van der Waals surface area (Å²) in [5, 5.41) is 44.1. The van der Waals surface area contributed by atoms with Crippen molar-refractivity contribution in [3.05, 3.63) is 72.3 Å². The fourth-order valence-electron chi connectivity index (χ4n) is 4.28. The minimum atomic E-state index is -1.28. The zero-order valence-electron chi connectivity index (χ0n) is 20.3. The average molecular weight is 519 g/mol. The minimum Gasteiger partial charge on any atom is -0.504 e. The molecule has 0 bridgehead atoms. The van der Waals surface area contributed by atoms with Crippen LogP contribution < -0.4 is 11.1 Å². The van der Waals surface area contributed by atoms with Gasteiger partial charge in [-0.05, 0) is 30.2 Å². The number of carbonyl (C=O) groups is 1. The molecular formula is C26H26N6O6. The molecule has 1 aliphatic heterocycles. The summed E-state index contributed by atoms with van der Waals surface area (Å²) in [6, 6.07) is 10.4. The average Bonchev–Trinajstić information content (AvgIpc) is 3.45. The number of benzene rings is 2. The molecule has 0 aliphatic carbocycles. The van der Waals surface area contributed by atoms with Crippen LogP contribution in [0.25, 0.3) is 22.3 Å². The number of amides is 1. The van der Waals surface area contributed by atoms with Crippen molar-refractivity contribution in [2.75, 3.05) is 12.3 Å². The van der Waals surface area contributed by atoms with Crippen LogP contribution in [0.15, 0.2) is 61.2 Å². The van der Waals surface area contributed by atoms with E-state index < -0.39 is 41.9 Å². The van der Waals surface area contributed by atoms with E-state index in [4.69, 9.17) is 10.5 Å². The Morgan fingerprint density at radius 2 is 1.87 bits per heavy atom. The largest absolute Gasteiger partial charge is 0.504 e. The maximum Gasteiger partial charge on any atom is 0.255 e. The van der Waals surface area contributed by atoms with Crippen molar-refractivity contribution in [2.24, 2.45) is 0 Å². The number of fused-ring (bicyclic) bond motifs is 1. The highest BCUT2D eigenvalue weighted by atomic mass is 16.6. The van der Waals surface area contributed by atoms with Crippen LogP contribution in [-0.4, -0.2) is 70.7 Å². The van der Waals surface area contributed by atoms with E-state index in [9.17, 15) is 25.2 Å². The second-order valence-electron chi connectivity index (χ2n) is 8.95. The molecule has 7 N–H and O–H groups in total. The zero-order valence-corrected chi connectivity index (χ0v) is 20.3. The van der Waals surface area contributed by atoms with E-state index in [1.165, 1.54) is 35.4 Å². The molecule has 4 atom stereocenters. The molecule has 12 heteroatoms. The molecule has 5 rings (SSSR count). The Hall–Kier alpha value is -4.52. The normalized spacial score (nSPS) is 21.3. The van der Waals surface area contributed by atoms with E-state index in [1.807, 2.05) is 31.2 Å². The number of nitrogens with two attached hydrogens (primary N) is 1. The van der Waals surface area contributed by atoms with Crippen molar-refractivity contribution in [1.82, 2.24) is 24.8 Å². The van der Waals surface area contributed by atoms with Crippen LogP contribution in [0, 0.1) is 6.92 Å². The molecule has 2 aromatic carbocycles. The van der Waals surface area contributed by atoms with Gasteiger partial charge in [0, 0.05) is 6.54 Å². The maximum atomic E-state index is 12.8. The molecule has 3 heterocycles. The number of hydrogen-bond donors (Lipinski definition) is 6. The first-order valence-corrected chi connectivity index (χ1v) is 11.8. The van der Waals surface area contributed by atoms with E-state index in [0.717, 1.165) is 11.1 Å². The van der Waals surface area contributed by atoms with Crippen molar-refractivity contribution >= 4 is 22.9 Å². The van der Waals surface area contributed by atoms with E-state index >= 15 is 0 Å². The van der Waals surface area contributed by atoms with Crippen molar-refractivity contribution in [1.29, 1.82) is 0 Å². The third kappa shape index (κ3) is 4.63. The molecule has 1 fully saturated rings. The van der Waals surface area contributed by atoms with Gasteiger partial charge >= 0.3 is 0 Å². The second kappa shape index (κ2) is 10.1. The second-order valence-corrected chi connectivity index (χ2v) is 8.95. The molecule has 196 valence electrons. The highest BCUT2D eigenvalue weighted by molar-refractivity contribution is 5.99. The third-order valence-electron chi connectivity index (χ3n) is 6.36. The maximum absolute atomic E-state index is 12.8. The van der Waals surface area contributed by atoms with Gasteiger partial charge in [-0.3, -0.25) is 9.36 Å². The molecule has 1 saturated heterocycles. The first-order chi connectivity index (χ1) is 18.2. The highest BCUT2D eigenvalue weighted by Crippen LogP contribution is 2.35. The summed E-state index contributed by atoms with van der Waals surface area (Å²) >= 11 is 0. The number of phenols is 2. The lowest BCUT2D eigenvalue weighted by Crippen LogP contribution is -2.31. The lowest BCUT2D eigenvalue weighted by molar-refractivity contribution is -0.0245. The molecule has 4 aromatic rings. The molecule has 1 aliphatic rings. The minimum absolute atomic E-state index is 0.0267. The van der Waals surface area contributed by atoms with Gasteiger partial charge in [-0.2, -0.15) is 0 Å². The molecular weight excluding hydrogens is 492 g/mol. The van der Waals surface area contributed by atoms with Gasteiger partial charge < -0.3 is 36.2 Å². The number of aromatic hydroxyl groups is 2. The number of aromatic nitrogens is 4. The molecule has 0 saturated carbocycles. The van der Waals surface area contributed by atoms with Gasteiger partial charge in [-0.1, -0.05) is 42.0 Å². The summed E-state index contributed by atoms with van der Waals surface area (Å²) in [7, 11) is 0. The first kappa shape index (κ1) is 25.1. The van der Waals surface area contributed by atoms with Crippen LogP contribution in [0.1, 0.15) is 22.1 Å². The summed E-state index contributed by atoms with van der Waals surface area (Å²) in [6.45, 7) is 1.98. The molecule has 0 spiro atoms. The SMILES string of the molecule is Cc1ccc(-c2cc(O)c(O)c(C(=O)NC/C=C/[C@H]3O[C@@H](n4cnc5c(N)ncnc54)C(O)[C@H]3O)c2)cc1. The van der Waals surface area contributed by atoms with Gasteiger partial charge in [-0.25, -0.2) is 15.0 Å². The van der Waals surface area contributed by atoms with E-state index in [2.05, 4.69) is 20.3 Å². The smallest absolute Gasteiger partial charge is 0.255 e. The van der Waals surface area contributed by atoms with Gasteiger partial charge in [0.15, 0.2) is 29.2 Å². The Morgan fingerprint density at radius 3 is 2.63 bits per heavy atom. The summed E-state index contributed by atoms with van der Waals surface area (Å²) in [5.41, 5.74) is 8.83. The van der Waals surface area contributed by atoms with Gasteiger partial charge in [0.1, 0.15) is 30.2 Å². The van der Waals surface area contributed by atoms with E-state index in [1.54, 1.807) is 6.08 Å². The standard InChI is InChI=1S/C26H26N6O6/c1-13-4-6-14(7-5-13)15-9-16(20(34)17(33)10-15)25(37)28-8-2-3-18-21(35)22(36)26(38-18)32-12-31-19-23(27)29-11-30-24(19)32/h2-7,9-12,18,21-22,26,33-36H,8H2,1H3,(H,28,37)(H2,27,29,30)/b3-2+/t18-,21+,22?,26-/m1/s1. The molecule has 1 amide bonds. The predicted molar refractivity (Wildman–Crippen MR) is 137 cm³/mol. The molecule has 2 aromatic heterocycles. The number of aliphatic hydroxyl groups excluding tert-OH is 2. The number of hydrogen-bond acceptors (Lipinski definition) is 10. The quantitative estimate of drug-likeness (QED) is 0.161. The van der Waals surface area contributed by atoms with Crippen LogP contribution in [0.5, 0.6) is 11.5 Å². The summed E-state index contributed by atoms with van der Waals surface area (Å²) in [6.07, 6.45) is 1.33. The third-order valence-corrected chi connectivity index (χ3v) is 6.36. The number of nitrogens with one attached hydrogen (secondary N) is 1.